The fraction of sp³-hybridized carbons (Fsp3) is 0.188. The minimum atomic E-state index is -0.474. The molecule has 2 heterocycles. The van der Waals surface area contributed by atoms with Crippen molar-refractivity contribution >= 4 is 5.91 Å². The Morgan fingerprint density at radius 1 is 1.35 bits per heavy atom. The van der Waals surface area contributed by atoms with Gasteiger partial charge in [-0.05, 0) is 31.2 Å². The van der Waals surface area contributed by atoms with Gasteiger partial charge in [0.1, 0.15) is 36.0 Å². The Hall–Kier alpha value is -2.96. The van der Waals surface area contributed by atoms with E-state index in [9.17, 15) is 9.18 Å². The number of rotatable bonds is 5. The van der Waals surface area contributed by atoms with Crippen LogP contribution in [-0.2, 0) is 11.3 Å². The Bertz CT molecular complexity index is 798. The molecule has 0 spiro atoms. The van der Waals surface area contributed by atoms with Crippen LogP contribution in [0.25, 0.3) is 11.3 Å². The standard InChI is InChI=1S/C16H15FN4O2/c1-11(21-10-18-9-20-21)16(22)19-8-12-6-7-15(23-12)13-4-2-3-5-14(13)17/h2-7,9-11H,8H2,1H3,(H,19,22)/t11-/m0/s1. The first-order valence-electron chi connectivity index (χ1n) is 7.10. The number of halogens is 1. The lowest BCUT2D eigenvalue weighted by Gasteiger charge is -2.11. The first-order valence-corrected chi connectivity index (χ1v) is 7.10. The highest BCUT2D eigenvalue weighted by Gasteiger charge is 2.16. The van der Waals surface area contributed by atoms with Gasteiger partial charge in [-0.1, -0.05) is 12.1 Å². The molecule has 0 aliphatic carbocycles. The van der Waals surface area contributed by atoms with Crippen molar-refractivity contribution < 1.29 is 13.6 Å². The largest absolute Gasteiger partial charge is 0.459 e. The average Bonchev–Trinajstić information content (AvgIpc) is 3.24. The van der Waals surface area contributed by atoms with Crippen molar-refractivity contribution in [3.8, 4) is 11.3 Å². The molecule has 0 unspecified atom stereocenters. The summed E-state index contributed by atoms with van der Waals surface area (Å²) in [5, 5.41) is 6.68. The molecule has 1 atom stereocenters. The Kier molecular flexibility index (Phi) is 4.18. The van der Waals surface area contributed by atoms with Gasteiger partial charge in [0.2, 0.25) is 5.91 Å². The van der Waals surface area contributed by atoms with Crippen LogP contribution in [0.15, 0.2) is 53.5 Å². The highest BCUT2D eigenvalue weighted by atomic mass is 19.1. The SMILES string of the molecule is C[C@@H](C(=O)NCc1ccc(-c2ccccc2F)o1)n1cncn1. The summed E-state index contributed by atoms with van der Waals surface area (Å²) in [5.41, 5.74) is 0.390. The zero-order chi connectivity index (χ0) is 16.2. The van der Waals surface area contributed by atoms with Gasteiger partial charge >= 0.3 is 0 Å². The molecule has 118 valence electrons. The predicted molar refractivity (Wildman–Crippen MR) is 80.7 cm³/mol. The summed E-state index contributed by atoms with van der Waals surface area (Å²) in [6.07, 6.45) is 2.85. The summed E-state index contributed by atoms with van der Waals surface area (Å²) in [7, 11) is 0. The van der Waals surface area contributed by atoms with E-state index in [2.05, 4.69) is 15.4 Å². The Morgan fingerprint density at radius 3 is 2.91 bits per heavy atom. The number of nitrogens with one attached hydrogen (secondary N) is 1. The molecule has 0 saturated heterocycles. The fourth-order valence-corrected chi connectivity index (χ4v) is 2.14. The predicted octanol–water partition coefficient (Wildman–Crippen LogP) is 2.55. The maximum absolute atomic E-state index is 13.7. The molecule has 0 aliphatic heterocycles. The number of aromatic nitrogens is 3. The third-order valence-corrected chi connectivity index (χ3v) is 3.45. The van der Waals surface area contributed by atoms with Gasteiger partial charge in [-0.15, -0.1) is 0 Å². The third kappa shape index (κ3) is 3.28. The molecular formula is C16H15FN4O2. The number of hydrogen-bond acceptors (Lipinski definition) is 4. The summed E-state index contributed by atoms with van der Waals surface area (Å²) in [5.74, 6) is 0.413. The van der Waals surface area contributed by atoms with Crippen LogP contribution in [-0.4, -0.2) is 20.7 Å². The lowest BCUT2D eigenvalue weighted by Crippen LogP contribution is -2.30. The second-order valence-electron chi connectivity index (χ2n) is 5.02. The average molecular weight is 314 g/mol. The summed E-state index contributed by atoms with van der Waals surface area (Å²) in [6, 6.07) is 9.29. The first kappa shape index (κ1) is 15.0. The van der Waals surface area contributed by atoms with Gasteiger partial charge < -0.3 is 9.73 Å². The minimum absolute atomic E-state index is 0.209. The van der Waals surface area contributed by atoms with Crippen LogP contribution in [0.4, 0.5) is 4.39 Å². The molecule has 0 saturated carbocycles. The quantitative estimate of drug-likeness (QED) is 0.785. The van der Waals surface area contributed by atoms with Gasteiger partial charge in [0.05, 0.1) is 12.1 Å². The summed E-state index contributed by atoms with van der Waals surface area (Å²) in [4.78, 5) is 15.9. The molecule has 3 aromatic rings. The molecule has 0 aliphatic rings. The van der Waals surface area contributed by atoms with Gasteiger partial charge in [-0.25, -0.2) is 14.1 Å². The molecule has 0 bridgehead atoms. The first-order chi connectivity index (χ1) is 11.1. The van der Waals surface area contributed by atoms with E-state index in [1.54, 1.807) is 37.3 Å². The van der Waals surface area contributed by atoms with E-state index < -0.39 is 6.04 Å². The van der Waals surface area contributed by atoms with Crippen LogP contribution < -0.4 is 5.32 Å². The summed E-state index contributed by atoms with van der Waals surface area (Å²) in [6.45, 7) is 1.93. The minimum Gasteiger partial charge on any atom is -0.459 e. The van der Waals surface area contributed by atoms with Crippen LogP contribution in [0.5, 0.6) is 0 Å². The van der Waals surface area contributed by atoms with Crippen molar-refractivity contribution in [1.29, 1.82) is 0 Å². The zero-order valence-corrected chi connectivity index (χ0v) is 12.4. The van der Waals surface area contributed by atoms with E-state index in [0.717, 1.165) is 0 Å². The highest BCUT2D eigenvalue weighted by Crippen LogP contribution is 2.24. The van der Waals surface area contributed by atoms with Crippen LogP contribution in [0.2, 0.25) is 0 Å². The smallest absolute Gasteiger partial charge is 0.245 e. The van der Waals surface area contributed by atoms with Crippen molar-refractivity contribution in [3.05, 3.63) is 60.6 Å². The van der Waals surface area contributed by atoms with E-state index >= 15 is 0 Å². The van der Waals surface area contributed by atoms with E-state index in [1.807, 2.05) is 0 Å². The molecule has 6 nitrogen and oxygen atoms in total. The third-order valence-electron chi connectivity index (χ3n) is 3.45. The lowest BCUT2D eigenvalue weighted by molar-refractivity contribution is -0.124. The van der Waals surface area contributed by atoms with E-state index in [4.69, 9.17) is 4.42 Å². The molecule has 2 aromatic heterocycles. The van der Waals surface area contributed by atoms with Crippen molar-refractivity contribution in [2.24, 2.45) is 0 Å². The van der Waals surface area contributed by atoms with Gasteiger partial charge in [0.25, 0.3) is 0 Å². The van der Waals surface area contributed by atoms with Crippen molar-refractivity contribution in [2.45, 2.75) is 19.5 Å². The Labute approximate surface area is 132 Å². The van der Waals surface area contributed by atoms with E-state index in [-0.39, 0.29) is 18.3 Å². The van der Waals surface area contributed by atoms with Crippen LogP contribution in [0, 0.1) is 5.82 Å². The monoisotopic (exact) mass is 314 g/mol. The Morgan fingerprint density at radius 2 is 2.17 bits per heavy atom. The number of nitrogens with zero attached hydrogens (tertiary/aromatic N) is 3. The maximum Gasteiger partial charge on any atom is 0.245 e. The normalized spacial score (nSPS) is 12.1. The summed E-state index contributed by atoms with van der Waals surface area (Å²) >= 11 is 0. The number of hydrogen-bond donors (Lipinski definition) is 1. The maximum atomic E-state index is 13.7. The molecule has 7 heteroatoms. The number of amides is 1. The lowest BCUT2D eigenvalue weighted by atomic mass is 10.1. The van der Waals surface area contributed by atoms with Crippen LogP contribution in [0.3, 0.4) is 0 Å². The van der Waals surface area contributed by atoms with Crippen LogP contribution in [0.1, 0.15) is 18.7 Å². The zero-order valence-electron chi connectivity index (χ0n) is 12.4. The fourth-order valence-electron chi connectivity index (χ4n) is 2.14. The van der Waals surface area contributed by atoms with Crippen molar-refractivity contribution in [1.82, 2.24) is 20.1 Å². The van der Waals surface area contributed by atoms with Gasteiger partial charge in [-0.3, -0.25) is 4.79 Å². The highest BCUT2D eigenvalue weighted by molar-refractivity contribution is 5.79. The topological polar surface area (TPSA) is 73.0 Å². The number of carbonyl (C=O) groups is 1. The molecule has 1 amide bonds. The van der Waals surface area contributed by atoms with E-state index in [0.29, 0.717) is 17.1 Å². The molecule has 0 radical (unpaired) electrons. The molecular weight excluding hydrogens is 299 g/mol. The van der Waals surface area contributed by atoms with Gasteiger partial charge in [-0.2, -0.15) is 5.10 Å². The number of carbonyl (C=O) groups excluding carboxylic acids is 1. The molecule has 23 heavy (non-hydrogen) atoms. The van der Waals surface area contributed by atoms with E-state index in [1.165, 1.54) is 23.4 Å². The van der Waals surface area contributed by atoms with Gasteiger partial charge in [0.15, 0.2) is 0 Å². The van der Waals surface area contributed by atoms with Gasteiger partial charge in [0, 0.05) is 0 Å². The second kappa shape index (κ2) is 6.43. The van der Waals surface area contributed by atoms with Crippen molar-refractivity contribution in [3.63, 3.8) is 0 Å². The molecule has 1 N–H and O–H groups in total. The van der Waals surface area contributed by atoms with Crippen LogP contribution >= 0.6 is 0 Å². The number of furan rings is 1. The Balaban J connectivity index is 1.64. The second-order valence-corrected chi connectivity index (χ2v) is 5.02. The molecule has 0 fully saturated rings. The summed E-state index contributed by atoms with van der Waals surface area (Å²) < 4.78 is 20.8. The molecule has 1 aromatic carbocycles. The molecule has 3 rings (SSSR count). The number of benzene rings is 1. The van der Waals surface area contributed by atoms with Crippen molar-refractivity contribution in [2.75, 3.05) is 0 Å².